The summed E-state index contributed by atoms with van der Waals surface area (Å²) in [7, 11) is 0. The number of alkyl halides is 3. The van der Waals surface area contributed by atoms with Crippen LogP contribution in [0.2, 0.25) is 0 Å². The summed E-state index contributed by atoms with van der Waals surface area (Å²) in [5, 5.41) is 7.12. The molecule has 0 rings (SSSR count). The highest BCUT2D eigenvalue weighted by Crippen LogP contribution is 2.06. The van der Waals surface area contributed by atoms with E-state index in [0.717, 1.165) is 0 Å². The molecule has 0 saturated carbocycles. The molecular formula is C2H4BrF3O. The third kappa shape index (κ3) is 10.7. The quantitative estimate of drug-likeness (QED) is 0.642. The van der Waals surface area contributed by atoms with Crippen molar-refractivity contribution in [1.29, 1.82) is 0 Å². The second-order valence-electron chi connectivity index (χ2n) is 0.799. The predicted octanol–water partition coefficient (Wildman–Crippen LogP) is 1.12. The van der Waals surface area contributed by atoms with Gasteiger partial charge in [-0.25, -0.2) is 4.39 Å². The Morgan fingerprint density at radius 3 is 1.57 bits per heavy atom. The first-order valence-electron chi connectivity index (χ1n) is 1.22. The summed E-state index contributed by atoms with van der Waals surface area (Å²) in [6.07, 6.45) is -4.12. The molecule has 0 bridgehead atoms. The van der Waals surface area contributed by atoms with Crippen LogP contribution in [0.3, 0.4) is 0 Å². The minimum atomic E-state index is -4.12. The van der Waals surface area contributed by atoms with Crippen LogP contribution in [0.1, 0.15) is 0 Å². The van der Waals surface area contributed by atoms with E-state index >= 15 is 0 Å². The number of hydrogen-bond acceptors (Lipinski definition) is 1. The topological polar surface area (TPSA) is 20.2 Å². The summed E-state index contributed by atoms with van der Waals surface area (Å²) in [4.78, 5) is 0. The lowest BCUT2D eigenvalue weighted by atomic mass is 10.7. The molecule has 0 saturated heterocycles. The Morgan fingerprint density at radius 1 is 1.43 bits per heavy atom. The fourth-order valence-corrected chi connectivity index (χ4v) is 0. The maximum Gasteiger partial charge on any atom is 0.381 e. The fraction of sp³-hybridized carbons (Fsp3) is 1.00. The molecule has 0 atom stereocenters. The maximum absolute atomic E-state index is 10.6. The molecule has 0 radical (unpaired) electrons. The van der Waals surface area contributed by atoms with Crippen molar-refractivity contribution in [3.8, 4) is 0 Å². The molecule has 0 heterocycles. The summed E-state index contributed by atoms with van der Waals surface area (Å²) in [5.41, 5.74) is 0. The van der Waals surface area contributed by atoms with Gasteiger partial charge in [0.1, 0.15) is 0 Å². The molecule has 0 aliphatic carbocycles. The lowest BCUT2D eigenvalue weighted by molar-refractivity contribution is -0.208. The molecular weight excluding hydrogens is 177 g/mol. The zero-order valence-electron chi connectivity index (χ0n) is 3.20. The molecule has 7 heavy (non-hydrogen) atoms. The molecule has 0 aliphatic heterocycles. The van der Waals surface area contributed by atoms with E-state index in [9.17, 15) is 13.2 Å². The van der Waals surface area contributed by atoms with Gasteiger partial charge in [0.05, 0.1) is 0 Å². The predicted molar refractivity (Wildman–Crippen MR) is 23.5 cm³/mol. The molecule has 0 aromatic carbocycles. The van der Waals surface area contributed by atoms with Gasteiger partial charge in [-0.3, -0.25) is 0 Å². The van der Waals surface area contributed by atoms with Crippen LogP contribution >= 0.6 is 17.0 Å². The smallest absolute Gasteiger partial charge is 0.334 e. The third-order valence-corrected chi connectivity index (χ3v) is 0.161. The van der Waals surface area contributed by atoms with Crippen LogP contribution < -0.4 is 0 Å². The second-order valence-corrected chi connectivity index (χ2v) is 0.799. The average Bonchev–Trinajstić information content (AvgIpc) is 1.35. The van der Waals surface area contributed by atoms with Crippen molar-refractivity contribution in [3.05, 3.63) is 0 Å². The van der Waals surface area contributed by atoms with Gasteiger partial charge >= 0.3 is 6.11 Å². The van der Waals surface area contributed by atoms with E-state index in [1.807, 2.05) is 0 Å². The van der Waals surface area contributed by atoms with Crippen molar-refractivity contribution >= 4 is 17.0 Å². The highest BCUT2D eigenvalue weighted by molar-refractivity contribution is 8.93. The molecule has 5 heteroatoms. The summed E-state index contributed by atoms with van der Waals surface area (Å²) >= 11 is 0. The average molecular weight is 181 g/mol. The Balaban J connectivity index is 0. The van der Waals surface area contributed by atoms with Crippen LogP contribution in [0.25, 0.3) is 0 Å². The standard InChI is InChI=1S/C2H3F3O.BrH/c3-1-2(4,5)6;/h6H,1H2;1H. The Labute approximate surface area is 48.9 Å². The monoisotopic (exact) mass is 180 g/mol. The SMILES string of the molecule is Br.OC(F)(F)CF. The van der Waals surface area contributed by atoms with Gasteiger partial charge in [-0.15, -0.1) is 17.0 Å². The van der Waals surface area contributed by atoms with E-state index < -0.39 is 12.8 Å². The summed E-state index contributed by atoms with van der Waals surface area (Å²) in [5.74, 6) is 0. The highest BCUT2D eigenvalue weighted by Gasteiger charge is 2.22. The molecule has 0 amide bonds. The molecule has 0 aromatic heterocycles. The van der Waals surface area contributed by atoms with Gasteiger partial charge in [0, 0.05) is 0 Å². The number of rotatable bonds is 1. The van der Waals surface area contributed by atoms with Gasteiger partial charge in [-0.1, -0.05) is 0 Å². The van der Waals surface area contributed by atoms with E-state index in [-0.39, 0.29) is 17.0 Å². The number of hydrogen-bond donors (Lipinski definition) is 1. The lowest BCUT2D eigenvalue weighted by Gasteiger charge is -1.97. The molecule has 46 valence electrons. The van der Waals surface area contributed by atoms with E-state index in [2.05, 4.69) is 0 Å². The van der Waals surface area contributed by atoms with Crippen LogP contribution in [-0.4, -0.2) is 17.9 Å². The van der Waals surface area contributed by atoms with E-state index in [0.29, 0.717) is 0 Å². The first kappa shape index (κ1) is 10.3. The summed E-state index contributed by atoms with van der Waals surface area (Å²) in [6, 6.07) is 0. The molecule has 0 fully saturated rings. The van der Waals surface area contributed by atoms with Gasteiger partial charge in [0.2, 0.25) is 0 Å². The lowest BCUT2D eigenvalue weighted by Crippen LogP contribution is -2.15. The van der Waals surface area contributed by atoms with Gasteiger partial charge < -0.3 is 5.11 Å². The Hall–Kier alpha value is 0.230. The zero-order chi connectivity index (χ0) is 5.21. The van der Waals surface area contributed by atoms with Crippen molar-refractivity contribution < 1.29 is 18.3 Å². The van der Waals surface area contributed by atoms with Crippen LogP contribution in [0.4, 0.5) is 13.2 Å². The molecule has 0 aromatic rings. The highest BCUT2D eigenvalue weighted by atomic mass is 79.9. The van der Waals surface area contributed by atoms with Crippen molar-refractivity contribution in [2.75, 3.05) is 6.67 Å². The largest absolute Gasteiger partial charge is 0.381 e. The summed E-state index contributed by atoms with van der Waals surface area (Å²) < 4.78 is 31.8. The van der Waals surface area contributed by atoms with E-state index in [1.165, 1.54) is 0 Å². The molecule has 1 N–H and O–H groups in total. The van der Waals surface area contributed by atoms with Crippen molar-refractivity contribution in [2.45, 2.75) is 6.11 Å². The summed E-state index contributed by atoms with van der Waals surface area (Å²) in [6.45, 7) is -2.01. The van der Waals surface area contributed by atoms with Crippen LogP contribution in [-0.2, 0) is 0 Å². The van der Waals surface area contributed by atoms with Crippen molar-refractivity contribution in [2.24, 2.45) is 0 Å². The second kappa shape index (κ2) is 3.26. The molecule has 0 aliphatic rings. The van der Waals surface area contributed by atoms with E-state index in [1.54, 1.807) is 0 Å². The normalized spacial score (nSPS) is 10.3. The van der Waals surface area contributed by atoms with Crippen LogP contribution in [0, 0.1) is 0 Å². The number of aliphatic hydroxyl groups is 1. The van der Waals surface area contributed by atoms with Gasteiger partial charge in [-0.2, -0.15) is 8.78 Å². The number of halogens is 4. The third-order valence-electron chi connectivity index (χ3n) is 0.161. The fourth-order valence-electron chi connectivity index (χ4n) is 0. The van der Waals surface area contributed by atoms with E-state index in [4.69, 9.17) is 5.11 Å². The Kier molecular flexibility index (Phi) is 4.78. The first-order chi connectivity index (χ1) is 2.56. The zero-order valence-corrected chi connectivity index (χ0v) is 4.91. The Bertz CT molecular complexity index is 42.7. The minimum Gasteiger partial charge on any atom is -0.334 e. The van der Waals surface area contributed by atoms with Gasteiger partial charge in [0.25, 0.3) is 0 Å². The first-order valence-corrected chi connectivity index (χ1v) is 1.22. The van der Waals surface area contributed by atoms with Gasteiger partial charge in [-0.05, 0) is 0 Å². The van der Waals surface area contributed by atoms with Crippen molar-refractivity contribution in [1.82, 2.24) is 0 Å². The van der Waals surface area contributed by atoms with Crippen LogP contribution in [0.5, 0.6) is 0 Å². The van der Waals surface area contributed by atoms with Gasteiger partial charge in [0.15, 0.2) is 6.67 Å². The van der Waals surface area contributed by atoms with Crippen LogP contribution in [0.15, 0.2) is 0 Å². The maximum atomic E-state index is 10.6. The molecule has 1 nitrogen and oxygen atoms in total. The van der Waals surface area contributed by atoms with Crippen molar-refractivity contribution in [3.63, 3.8) is 0 Å². The molecule has 0 spiro atoms. The molecule has 0 unspecified atom stereocenters. The Morgan fingerprint density at radius 2 is 1.57 bits per heavy atom. The minimum absolute atomic E-state index is 0.